The molecule has 0 radical (unpaired) electrons. The molecular formula is C11H18N4O2. The quantitative estimate of drug-likeness (QED) is 0.792. The number of rotatable bonds is 4. The lowest BCUT2D eigenvalue weighted by molar-refractivity contribution is 0.0821. The van der Waals surface area contributed by atoms with Gasteiger partial charge in [-0.3, -0.25) is 4.79 Å². The fraction of sp³-hybridized carbons (Fsp3) is 0.545. The number of amides is 1. The summed E-state index contributed by atoms with van der Waals surface area (Å²) >= 11 is 0. The largest absolute Gasteiger partial charge is 0.394 e. The number of aromatic nitrogens is 2. The number of nitrogens with zero attached hydrogens (tertiary/aromatic N) is 3. The highest BCUT2D eigenvalue weighted by molar-refractivity contribution is 5.91. The number of carbonyl (C=O) groups excluding carboxylic acids is 1. The van der Waals surface area contributed by atoms with E-state index < -0.39 is 5.54 Å². The molecule has 0 bridgehead atoms. The average molecular weight is 238 g/mol. The molecule has 0 aliphatic carbocycles. The van der Waals surface area contributed by atoms with E-state index in [4.69, 9.17) is 5.11 Å². The maximum Gasteiger partial charge on any atom is 0.273 e. The number of aliphatic hydroxyl groups is 1. The van der Waals surface area contributed by atoms with Crippen LogP contribution < -0.4 is 5.32 Å². The van der Waals surface area contributed by atoms with E-state index in [2.05, 4.69) is 15.5 Å². The Morgan fingerprint density at radius 1 is 1.41 bits per heavy atom. The monoisotopic (exact) mass is 238 g/mol. The summed E-state index contributed by atoms with van der Waals surface area (Å²) in [6.45, 7) is 3.66. The lowest BCUT2D eigenvalue weighted by Gasteiger charge is -2.23. The summed E-state index contributed by atoms with van der Waals surface area (Å²) < 4.78 is 0. The summed E-state index contributed by atoms with van der Waals surface area (Å²) in [7, 11) is 3.32. The third kappa shape index (κ3) is 3.67. The number of anilines is 1. The van der Waals surface area contributed by atoms with Crippen molar-refractivity contribution < 1.29 is 9.90 Å². The molecule has 94 valence electrons. The first-order chi connectivity index (χ1) is 7.85. The molecule has 0 unspecified atom stereocenters. The number of nitrogens with one attached hydrogen (secondary N) is 1. The third-order valence-electron chi connectivity index (χ3n) is 2.15. The summed E-state index contributed by atoms with van der Waals surface area (Å²) in [4.78, 5) is 13.0. The number of hydrogen-bond acceptors (Lipinski definition) is 5. The normalized spacial score (nSPS) is 11.1. The number of hydrogen-bond donors (Lipinski definition) is 2. The molecule has 0 spiro atoms. The van der Waals surface area contributed by atoms with Gasteiger partial charge in [0.2, 0.25) is 0 Å². The van der Waals surface area contributed by atoms with Crippen LogP contribution in [0.5, 0.6) is 0 Å². The van der Waals surface area contributed by atoms with Crippen molar-refractivity contribution in [1.82, 2.24) is 15.1 Å². The molecule has 6 nitrogen and oxygen atoms in total. The van der Waals surface area contributed by atoms with Gasteiger partial charge in [-0.25, -0.2) is 0 Å². The van der Waals surface area contributed by atoms with Crippen molar-refractivity contribution >= 4 is 11.7 Å². The minimum atomic E-state index is -0.470. The molecule has 17 heavy (non-hydrogen) atoms. The van der Waals surface area contributed by atoms with E-state index in [9.17, 15) is 4.79 Å². The van der Waals surface area contributed by atoms with Crippen molar-refractivity contribution in [2.75, 3.05) is 26.0 Å². The van der Waals surface area contributed by atoms with E-state index in [1.54, 1.807) is 26.2 Å². The van der Waals surface area contributed by atoms with E-state index in [0.29, 0.717) is 11.5 Å². The minimum Gasteiger partial charge on any atom is -0.394 e. The first kappa shape index (κ1) is 13.4. The molecule has 0 aromatic carbocycles. The Labute approximate surface area is 101 Å². The van der Waals surface area contributed by atoms with Crippen molar-refractivity contribution in [3.05, 3.63) is 17.8 Å². The maximum atomic E-state index is 11.6. The first-order valence-corrected chi connectivity index (χ1v) is 5.30. The molecule has 1 amide bonds. The van der Waals surface area contributed by atoms with Crippen LogP contribution in [0.15, 0.2) is 12.1 Å². The number of aliphatic hydroxyl groups excluding tert-OH is 1. The topological polar surface area (TPSA) is 78.4 Å². The first-order valence-electron chi connectivity index (χ1n) is 5.30. The van der Waals surface area contributed by atoms with Crippen LogP contribution in [0, 0.1) is 0 Å². The maximum absolute atomic E-state index is 11.6. The Hall–Kier alpha value is -1.69. The predicted octanol–water partition coefficient (Wildman–Crippen LogP) is 0.361. The van der Waals surface area contributed by atoms with Gasteiger partial charge < -0.3 is 15.3 Å². The van der Waals surface area contributed by atoms with Crippen LogP contribution in [0.2, 0.25) is 0 Å². The molecule has 0 saturated heterocycles. The number of carbonyl (C=O) groups is 1. The summed E-state index contributed by atoms with van der Waals surface area (Å²) in [5.74, 6) is 0.338. The van der Waals surface area contributed by atoms with Gasteiger partial charge in [0.1, 0.15) is 5.82 Å². The summed E-state index contributed by atoms with van der Waals surface area (Å²) in [6, 6.07) is 3.27. The average Bonchev–Trinajstić information content (AvgIpc) is 2.28. The molecular weight excluding hydrogens is 220 g/mol. The summed E-state index contributed by atoms with van der Waals surface area (Å²) in [6.07, 6.45) is 0. The van der Waals surface area contributed by atoms with Crippen LogP contribution in [-0.4, -0.2) is 52.4 Å². The molecule has 0 fully saturated rings. The van der Waals surface area contributed by atoms with Gasteiger partial charge in [0.05, 0.1) is 12.1 Å². The molecule has 6 heteroatoms. The van der Waals surface area contributed by atoms with E-state index in [-0.39, 0.29) is 12.5 Å². The molecule has 0 aliphatic heterocycles. The molecule has 0 aliphatic rings. The molecule has 1 heterocycles. The Morgan fingerprint density at radius 2 is 2.06 bits per heavy atom. The van der Waals surface area contributed by atoms with Gasteiger partial charge in [-0.15, -0.1) is 10.2 Å². The second-order valence-electron chi connectivity index (χ2n) is 4.67. The SMILES string of the molecule is CN(C)C(=O)c1ccc(NC(C)(C)CO)nn1. The standard InChI is InChI=1S/C11H18N4O2/c1-11(2,7-16)12-9-6-5-8(13-14-9)10(17)15(3)4/h5-6,16H,7H2,1-4H3,(H,12,14). The van der Waals surface area contributed by atoms with Crippen molar-refractivity contribution in [2.24, 2.45) is 0 Å². The predicted molar refractivity (Wildman–Crippen MR) is 64.8 cm³/mol. The second-order valence-corrected chi connectivity index (χ2v) is 4.67. The Morgan fingerprint density at radius 3 is 2.47 bits per heavy atom. The molecule has 1 aromatic heterocycles. The molecule has 0 saturated carbocycles. The van der Waals surface area contributed by atoms with Crippen molar-refractivity contribution in [1.29, 1.82) is 0 Å². The zero-order valence-electron chi connectivity index (χ0n) is 10.6. The Kier molecular flexibility index (Phi) is 4.01. The van der Waals surface area contributed by atoms with E-state index in [0.717, 1.165) is 0 Å². The third-order valence-corrected chi connectivity index (χ3v) is 2.15. The lowest BCUT2D eigenvalue weighted by Crippen LogP contribution is -2.35. The fourth-order valence-corrected chi connectivity index (χ4v) is 1.13. The van der Waals surface area contributed by atoms with Crippen LogP contribution in [0.3, 0.4) is 0 Å². The minimum absolute atomic E-state index is 0.0208. The van der Waals surface area contributed by atoms with Gasteiger partial charge >= 0.3 is 0 Å². The van der Waals surface area contributed by atoms with Crippen LogP contribution >= 0.6 is 0 Å². The van der Waals surface area contributed by atoms with E-state index >= 15 is 0 Å². The van der Waals surface area contributed by atoms with E-state index in [1.807, 2.05) is 13.8 Å². The van der Waals surface area contributed by atoms with Crippen LogP contribution in [0.4, 0.5) is 5.82 Å². The molecule has 1 rings (SSSR count). The van der Waals surface area contributed by atoms with Crippen molar-refractivity contribution in [3.8, 4) is 0 Å². The fourth-order valence-electron chi connectivity index (χ4n) is 1.13. The van der Waals surface area contributed by atoms with Crippen LogP contribution in [-0.2, 0) is 0 Å². The van der Waals surface area contributed by atoms with Gasteiger partial charge in [0.15, 0.2) is 5.69 Å². The summed E-state index contributed by atoms with van der Waals surface area (Å²) in [5.41, 5.74) is -0.177. The zero-order valence-corrected chi connectivity index (χ0v) is 10.6. The van der Waals surface area contributed by atoms with Crippen LogP contribution in [0.25, 0.3) is 0 Å². The van der Waals surface area contributed by atoms with Gasteiger partial charge in [-0.2, -0.15) is 0 Å². The van der Waals surface area contributed by atoms with Gasteiger partial charge in [0, 0.05) is 14.1 Å². The van der Waals surface area contributed by atoms with Gasteiger partial charge in [0.25, 0.3) is 5.91 Å². The zero-order chi connectivity index (χ0) is 13.1. The molecule has 2 N–H and O–H groups in total. The van der Waals surface area contributed by atoms with Crippen molar-refractivity contribution in [3.63, 3.8) is 0 Å². The molecule has 0 atom stereocenters. The van der Waals surface area contributed by atoms with Crippen molar-refractivity contribution in [2.45, 2.75) is 19.4 Å². The van der Waals surface area contributed by atoms with Gasteiger partial charge in [-0.05, 0) is 26.0 Å². The highest BCUT2D eigenvalue weighted by atomic mass is 16.3. The van der Waals surface area contributed by atoms with Gasteiger partial charge in [-0.1, -0.05) is 0 Å². The smallest absolute Gasteiger partial charge is 0.273 e. The highest BCUT2D eigenvalue weighted by Crippen LogP contribution is 2.11. The Balaban J connectivity index is 2.78. The van der Waals surface area contributed by atoms with Crippen LogP contribution in [0.1, 0.15) is 24.3 Å². The molecule has 1 aromatic rings. The second kappa shape index (κ2) is 5.09. The highest BCUT2D eigenvalue weighted by Gasteiger charge is 2.17. The van der Waals surface area contributed by atoms with E-state index in [1.165, 1.54) is 4.90 Å². The lowest BCUT2D eigenvalue weighted by atomic mass is 10.1. The summed E-state index contributed by atoms with van der Waals surface area (Å²) in [5, 5.41) is 19.8. The Bertz CT molecular complexity index is 387.